The predicted octanol–water partition coefficient (Wildman–Crippen LogP) is 6.28. The average molecular weight is 340 g/mol. The van der Waals surface area contributed by atoms with Crippen molar-refractivity contribution in [2.24, 2.45) is 0 Å². The minimum Gasteiger partial charge on any atom is -0.494 e. The van der Waals surface area contributed by atoms with Crippen molar-refractivity contribution in [2.45, 2.75) is 65.0 Å². The third kappa shape index (κ3) is 7.31. The van der Waals surface area contributed by atoms with Crippen molar-refractivity contribution in [1.82, 2.24) is 5.32 Å². The van der Waals surface area contributed by atoms with Gasteiger partial charge in [-0.2, -0.15) is 0 Å². The topological polar surface area (TPSA) is 21.3 Å². The van der Waals surface area contributed by atoms with Gasteiger partial charge in [0.2, 0.25) is 0 Å². The van der Waals surface area contributed by atoms with Crippen LogP contribution in [0.3, 0.4) is 0 Å². The summed E-state index contributed by atoms with van der Waals surface area (Å²) in [6, 6.07) is 19.5. The number of ether oxygens (including phenoxy) is 1. The highest BCUT2D eigenvalue weighted by Crippen LogP contribution is 2.21. The Kier molecular flexibility index (Phi) is 9.14. The van der Waals surface area contributed by atoms with Gasteiger partial charge in [0.1, 0.15) is 5.75 Å². The van der Waals surface area contributed by atoms with Crippen molar-refractivity contribution in [3.63, 3.8) is 0 Å². The fourth-order valence-corrected chi connectivity index (χ4v) is 3.03. The van der Waals surface area contributed by atoms with E-state index in [-0.39, 0.29) is 0 Å². The highest BCUT2D eigenvalue weighted by atomic mass is 16.5. The molecule has 25 heavy (non-hydrogen) atoms. The number of hydrogen-bond donors (Lipinski definition) is 1. The molecule has 1 unspecified atom stereocenters. The van der Waals surface area contributed by atoms with Crippen molar-refractivity contribution in [3.05, 3.63) is 65.7 Å². The maximum atomic E-state index is 5.86. The summed E-state index contributed by atoms with van der Waals surface area (Å²) in [4.78, 5) is 0. The number of rotatable bonds is 12. The molecule has 2 aromatic carbocycles. The second-order valence-corrected chi connectivity index (χ2v) is 6.66. The average Bonchev–Trinajstić information content (AvgIpc) is 2.67. The SMILES string of the molecule is CCCCCCCOc1ccc(C(CC)NCc2ccccc2)cc1. The first-order valence-corrected chi connectivity index (χ1v) is 9.83. The van der Waals surface area contributed by atoms with E-state index in [1.165, 1.54) is 36.8 Å². The Morgan fingerprint density at radius 1 is 0.840 bits per heavy atom. The quantitative estimate of drug-likeness (QED) is 0.460. The third-order valence-corrected chi connectivity index (χ3v) is 4.60. The molecule has 0 aliphatic heterocycles. The summed E-state index contributed by atoms with van der Waals surface area (Å²) in [5.41, 5.74) is 2.65. The molecule has 0 heterocycles. The number of unbranched alkanes of at least 4 members (excludes halogenated alkanes) is 4. The van der Waals surface area contributed by atoms with Crippen LogP contribution in [0.4, 0.5) is 0 Å². The smallest absolute Gasteiger partial charge is 0.119 e. The molecule has 0 aliphatic rings. The van der Waals surface area contributed by atoms with Crippen molar-refractivity contribution in [3.8, 4) is 5.75 Å². The number of nitrogens with one attached hydrogen (secondary N) is 1. The summed E-state index contributed by atoms with van der Waals surface area (Å²) < 4.78 is 5.86. The van der Waals surface area contributed by atoms with Gasteiger partial charge in [0.25, 0.3) is 0 Å². The first-order valence-electron chi connectivity index (χ1n) is 9.83. The Morgan fingerprint density at radius 3 is 2.24 bits per heavy atom. The van der Waals surface area contributed by atoms with E-state index < -0.39 is 0 Å². The molecule has 0 fully saturated rings. The minimum atomic E-state index is 0.378. The first-order chi connectivity index (χ1) is 12.3. The molecule has 2 nitrogen and oxygen atoms in total. The van der Waals surface area contributed by atoms with Crippen LogP contribution in [0.15, 0.2) is 54.6 Å². The van der Waals surface area contributed by atoms with Crippen LogP contribution >= 0.6 is 0 Å². The van der Waals surface area contributed by atoms with Crippen LogP contribution in [-0.4, -0.2) is 6.61 Å². The van der Waals surface area contributed by atoms with E-state index in [0.717, 1.165) is 31.7 Å². The van der Waals surface area contributed by atoms with Gasteiger partial charge in [0, 0.05) is 12.6 Å². The van der Waals surface area contributed by atoms with Gasteiger partial charge in [0.15, 0.2) is 0 Å². The Bertz CT molecular complexity index is 564. The van der Waals surface area contributed by atoms with Crippen molar-refractivity contribution in [1.29, 1.82) is 0 Å². The normalized spacial score (nSPS) is 12.1. The summed E-state index contributed by atoms with van der Waals surface area (Å²) in [5.74, 6) is 0.983. The lowest BCUT2D eigenvalue weighted by atomic mass is 10.0. The van der Waals surface area contributed by atoms with Gasteiger partial charge >= 0.3 is 0 Å². The molecule has 2 rings (SSSR count). The molecule has 0 radical (unpaired) electrons. The van der Waals surface area contributed by atoms with Gasteiger partial charge in [0.05, 0.1) is 6.61 Å². The molecule has 136 valence electrons. The third-order valence-electron chi connectivity index (χ3n) is 4.60. The fraction of sp³-hybridized carbons (Fsp3) is 0.478. The molecule has 1 atom stereocenters. The maximum absolute atomic E-state index is 5.86. The van der Waals surface area contributed by atoms with Crippen LogP contribution in [-0.2, 0) is 6.54 Å². The molecule has 0 saturated heterocycles. The Labute approximate surface area is 153 Å². The molecule has 0 saturated carbocycles. The molecule has 1 N–H and O–H groups in total. The second kappa shape index (κ2) is 11.7. The van der Waals surface area contributed by atoms with Crippen LogP contribution < -0.4 is 10.1 Å². The van der Waals surface area contributed by atoms with E-state index in [4.69, 9.17) is 4.74 Å². The fourth-order valence-electron chi connectivity index (χ4n) is 3.03. The second-order valence-electron chi connectivity index (χ2n) is 6.66. The zero-order valence-corrected chi connectivity index (χ0v) is 15.8. The highest BCUT2D eigenvalue weighted by Gasteiger charge is 2.08. The lowest BCUT2D eigenvalue weighted by Crippen LogP contribution is -2.20. The monoisotopic (exact) mass is 339 g/mol. The number of hydrogen-bond acceptors (Lipinski definition) is 2. The summed E-state index contributed by atoms with van der Waals surface area (Å²) in [6.45, 7) is 6.20. The standard InChI is InChI=1S/C23H33NO/c1-3-5-6-7-11-18-25-22-16-14-21(15-17-22)23(4-2)24-19-20-12-9-8-10-13-20/h8-10,12-17,23-24H,3-7,11,18-19H2,1-2H3. The van der Waals surface area contributed by atoms with Gasteiger partial charge in [-0.25, -0.2) is 0 Å². The lowest BCUT2D eigenvalue weighted by Gasteiger charge is -2.18. The molecular weight excluding hydrogens is 306 g/mol. The summed E-state index contributed by atoms with van der Waals surface area (Å²) in [6.07, 6.45) is 7.45. The molecule has 0 amide bonds. The molecule has 0 spiro atoms. The van der Waals surface area contributed by atoms with Crippen LogP contribution in [0.5, 0.6) is 5.75 Å². The predicted molar refractivity (Wildman–Crippen MR) is 107 cm³/mol. The highest BCUT2D eigenvalue weighted by molar-refractivity contribution is 5.29. The van der Waals surface area contributed by atoms with Crippen molar-refractivity contribution >= 4 is 0 Å². The van der Waals surface area contributed by atoms with E-state index in [1.807, 2.05) is 0 Å². The van der Waals surface area contributed by atoms with Gasteiger partial charge < -0.3 is 10.1 Å². The first kappa shape index (κ1) is 19.5. The molecule has 2 heteroatoms. The summed E-state index contributed by atoms with van der Waals surface area (Å²) >= 11 is 0. The lowest BCUT2D eigenvalue weighted by molar-refractivity contribution is 0.304. The van der Waals surface area contributed by atoms with Crippen LogP contribution in [0.1, 0.15) is 69.5 Å². The van der Waals surface area contributed by atoms with E-state index in [2.05, 4.69) is 73.8 Å². The summed E-state index contributed by atoms with van der Waals surface area (Å²) in [5, 5.41) is 3.65. The molecule has 2 aromatic rings. The van der Waals surface area contributed by atoms with Crippen LogP contribution in [0, 0.1) is 0 Å². The largest absolute Gasteiger partial charge is 0.494 e. The van der Waals surface area contributed by atoms with Crippen LogP contribution in [0.25, 0.3) is 0 Å². The van der Waals surface area contributed by atoms with E-state index in [0.29, 0.717) is 6.04 Å². The summed E-state index contributed by atoms with van der Waals surface area (Å²) in [7, 11) is 0. The molecular formula is C23H33NO. The Morgan fingerprint density at radius 2 is 1.56 bits per heavy atom. The van der Waals surface area contributed by atoms with Gasteiger partial charge in [-0.05, 0) is 36.1 Å². The van der Waals surface area contributed by atoms with Gasteiger partial charge in [-0.3, -0.25) is 0 Å². The van der Waals surface area contributed by atoms with Crippen molar-refractivity contribution < 1.29 is 4.74 Å². The van der Waals surface area contributed by atoms with Crippen LogP contribution in [0.2, 0.25) is 0 Å². The Balaban J connectivity index is 1.76. The van der Waals surface area contributed by atoms with E-state index >= 15 is 0 Å². The van der Waals surface area contributed by atoms with E-state index in [9.17, 15) is 0 Å². The van der Waals surface area contributed by atoms with Gasteiger partial charge in [-0.15, -0.1) is 0 Å². The zero-order chi connectivity index (χ0) is 17.7. The minimum absolute atomic E-state index is 0.378. The Hall–Kier alpha value is -1.80. The zero-order valence-electron chi connectivity index (χ0n) is 15.8. The molecule has 0 aliphatic carbocycles. The van der Waals surface area contributed by atoms with E-state index in [1.54, 1.807) is 0 Å². The molecule has 0 bridgehead atoms. The maximum Gasteiger partial charge on any atom is 0.119 e. The van der Waals surface area contributed by atoms with Gasteiger partial charge in [-0.1, -0.05) is 82.0 Å². The number of benzene rings is 2. The van der Waals surface area contributed by atoms with Crippen molar-refractivity contribution in [2.75, 3.05) is 6.61 Å². The molecule has 0 aromatic heterocycles.